The van der Waals surface area contributed by atoms with Crippen molar-refractivity contribution in [1.82, 2.24) is 9.97 Å². The number of aryl methyl sites for hydroxylation is 3. The van der Waals surface area contributed by atoms with Crippen LogP contribution in [0.1, 0.15) is 17.0 Å². The molecule has 0 atom stereocenters. The number of nitrogens with one attached hydrogen (secondary N) is 2. The van der Waals surface area contributed by atoms with Crippen LogP contribution in [0.4, 0.5) is 5.69 Å². The Hall–Kier alpha value is -2.34. The molecule has 1 aromatic heterocycles. The van der Waals surface area contributed by atoms with Gasteiger partial charge < -0.3 is 4.98 Å². The summed E-state index contributed by atoms with van der Waals surface area (Å²) in [5.41, 5.74) is 4.13. The third-order valence-corrected chi connectivity index (χ3v) is 5.02. The Morgan fingerprint density at radius 1 is 1.00 bits per heavy atom. The number of H-pyrrole nitrogens is 1. The van der Waals surface area contributed by atoms with Crippen LogP contribution in [0.25, 0.3) is 11.0 Å². The number of hydrogen-bond acceptors (Lipinski definition) is 3. The largest absolute Gasteiger partial charge is 0.342 e. The van der Waals surface area contributed by atoms with Crippen molar-refractivity contribution in [1.29, 1.82) is 0 Å². The second kappa shape index (κ2) is 5.14. The lowest BCUT2D eigenvalue weighted by Crippen LogP contribution is -2.13. The molecule has 0 fully saturated rings. The summed E-state index contributed by atoms with van der Waals surface area (Å²) >= 11 is 0. The lowest BCUT2D eigenvalue weighted by Gasteiger charge is -2.09. The van der Waals surface area contributed by atoms with Crippen molar-refractivity contribution in [2.75, 3.05) is 4.72 Å². The summed E-state index contributed by atoms with van der Waals surface area (Å²) in [7, 11) is -3.60. The summed E-state index contributed by atoms with van der Waals surface area (Å²) in [6, 6.07) is 10.3. The number of sulfonamides is 1. The zero-order chi connectivity index (χ0) is 15.9. The molecule has 0 radical (unpaired) electrons. The zero-order valence-electron chi connectivity index (χ0n) is 12.6. The molecule has 0 amide bonds. The van der Waals surface area contributed by atoms with Crippen LogP contribution in [0.2, 0.25) is 0 Å². The van der Waals surface area contributed by atoms with Gasteiger partial charge >= 0.3 is 0 Å². The van der Waals surface area contributed by atoms with Crippen molar-refractivity contribution < 1.29 is 8.42 Å². The summed E-state index contributed by atoms with van der Waals surface area (Å²) in [6.45, 7) is 5.71. The van der Waals surface area contributed by atoms with E-state index in [1.807, 2.05) is 26.8 Å². The number of hydrogen-bond donors (Lipinski definition) is 2. The number of aromatic nitrogens is 2. The van der Waals surface area contributed by atoms with Crippen LogP contribution >= 0.6 is 0 Å². The van der Waals surface area contributed by atoms with Gasteiger partial charge in [-0.3, -0.25) is 4.72 Å². The summed E-state index contributed by atoms with van der Waals surface area (Å²) in [4.78, 5) is 7.65. The molecule has 3 rings (SSSR count). The molecule has 5 nitrogen and oxygen atoms in total. The predicted octanol–water partition coefficient (Wildman–Crippen LogP) is 3.29. The Kier molecular flexibility index (Phi) is 3.41. The van der Waals surface area contributed by atoms with Crippen molar-refractivity contribution in [3.63, 3.8) is 0 Å². The second-order valence-corrected chi connectivity index (χ2v) is 7.09. The average Bonchev–Trinajstić information content (AvgIpc) is 2.80. The van der Waals surface area contributed by atoms with Crippen LogP contribution in [0.15, 0.2) is 41.3 Å². The number of anilines is 1. The van der Waals surface area contributed by atoms with Gasteiger partial charge in [-0.25, -0.2) is 13.4 Å². The van der Waals surface area contributed by atoms with Crippen molar-refractivity contribution in [3.8, 4) is 0 Å². The summed E-state index contributed by atoms with van der Waals surface area (Å²) in [5.74, 6) is 0.796. The van der Waals surface area contributed by atoms with Gasteiger partial charge in [0.05, 0.1) is 21.6 Å². The average molecular weight is 315 g/mol. The van der Waals surface area contributed by atoms with Gasteiger partial charge in [0.1, 0.15) is 5.82 Å². The maximum atomic E-state index is 12.5. The molecule has 0 aliphatic rings. The molecular formula is C16H17N3O2S. The normalized spacial score (nSPS) is 11.8. The van der Waals surface area contributed by atoms with Crippen molar-refractivity contribution >= 4 is 26.7 Å². The summed E-state index contributed by atoms with van der Waals surface area (Å²) < 4.78 is 27.5. The van der Waals surface area contributed by atoms with Crippen molar-refractivity contribution in [2.24, 2.45) is 0 Å². The van der Waals surface area contributed by atoms with E-state index >= 15 is 0 Å². The van der Waals surface area contributed by atoms with E-state index in [1.54, 1.807) is 30.3 Å². The molecule has 2 aromatic carbocycles. The first-order valence-corrected chi connectivity index (χ1v) is 8.40. The second-order valence-electron chi connectivity index (χ2n) is 5.41. The minimum Gasteiger partial charge on any atom is -0.342 e. The Balaban J connectivity index is 1.96. The number of rotatable bonds is 3. The quantitative estimate of drug-likeness (QED) is 0.779. The smallest absolute Gasteiger partial charge is 0.261 e. The van der Waals surface area contributed by atoms with Gasteiger partial charge in [0.2, 0.25) is 0 Å². The Morgan fingerprint density at radius 2 is 1.77 bits per heavy atom. The van der Waals surface area contributed by atoms with Gasteiger partial charge in [-0.15, -0.1) is 0 Å². The van der Waals surface area contributed by atoms with Crippen molar-refractivity contribution in [3.05, 3.63) is 53.3 Å². The molecule has 0 saturated carbocycles. The van der Waals surface area contributed by atoms with E-state index in [-0.39, 0.29) is 4.90 Å². The molecule has 6 heteroatoms. The first-order chi connectivity index (χ1) is 10.3. The highest BCUT2D eigenvalue weighted by Crippen LogP contribution is 2.21. The molecule has 0 saturated heterocycles. The molecule has 3 aromatic rings. The van der Waals surface area contributed by atoms with E-state index in [0.29, 0.717) is 5.69 Å². The molecule has 2 N–H and O–H groups in total. The van der Waals surface area contributed by atoms with Gasteiger partial charge in [0.15, 0.2) is 0 Å². The van der Waals surface area contributed by atoms with Gasteiger partial charge in [-0.1, -0.05) is 6.07 Å². The number of nitrogens with zero attached hydrogens (tertiary/aromatic N) is 1. The minimum absolute atomic E-state index is 0.261. The van der Waals surface area contributed by atoms with Crippen LogP contribution in [0, 0.1) is 20.8 Å². The predicted molar refractivity (Wildman–Crippen MR) is 87.6 cm³/mol. The zero-order valence-corrected chi connectivity index (χ0v) is 13.5. The Labute approximate surface area is 129 Å². The first kappa shape index (κ1) is 14.6. The van der Waals surface area contributed by atoms with E-state index < -0.39 is 10.0 Å². The number of aromatic amines is 1. The highest BCUT2D eigenvalue weighted by Gasteiger charge is 2.15. The highest BCUT2D eigenvalue weighted by molar-refractivity contribution is 7.92. The van der Waals surface area contributed by atoms with Gasteiger partial charge in [0, 0.05) is 0 Å². The fourth-order valence-electron chi connectivity index (χ4n) is 2.30. The highest BCUT2D eigenvalue weighted by atomic mass is 32.2. The summed E-state index contributed by atoms with van der Waals surface area (Å²) in [5, 5.41) is 0. The van der Waals surface area contributed by atoms with Crippen LogP contribution in [-0.4, -0.2) is 18.4 Å². The molecule has 0 bridgehead atoms. The van der Waals surface area contributed by atoms with Crippen LogP contribution < -0.4 is 4.72 Å². The molecule has 0 spiro atoms. The molecule has 1 heterocycles. The van der Waals surface area contributed by atoms with Crippen LogP contribution in [0.5, 0.6) is 0 Å². The first-order valence-electron chi connectivity index (χ1n) is 6.91. The molecule has 0 unspecified atom stereocenters. The Morgan fingerprint density at radius 3 is 2.50 bits per heavy atom. The Bertz CT molecular complexity index is 959. The molecule has 22 heavy (non-hydrogen) atoms. The minimum atomic E-state index is -3.60. The monoisotopic (exact) mass is 315 g/mol. The molecule has 0 aliphatic heterocycles. The van der Waals surface area contributed by atoms with Gasteiger partial charge in [-0.2, -0.15) is 0 Å². The summed E-state index contributed by atoms with van der Waals surface area (Å²) in [6.07, 6.45) is 0. The third kappa shape index (κ3) is 2.69. The fraction of sp³-hybridized carbons (Fsp3) is 0.188. The van der Waals surface area contributed by atoms with E-state index in [4.69, 9.17) is 0 Å². The molecular weight excluding hydrogens is 298 g/mol. The molecule has 114 valence electrons. The fourth-order valence-corrected chi connectivity index (χ4v) is 3.43. The number of fused-ring (bicyclic) bond motifs is 1. The van der Waals surface area contributed by atoms with E-state index in [0.717, 1.165) is 28.0 Å². The lowest BCUT2D eigenvalue weighted by molar-refractivity contribution is 0.601. The van der Waals surface area contributed by atoms with Gasteiger partial charge in [-0.05, 0) is 62.2 Å². The topological polar surface area (TPSA) is 74.8 Å². The van der Waals surface area contributed by atoms with Crippen molar-refractivity contribution in [2.45, 2.75) is 25.7 Å². The third-order valence-electron chi connectivity index (χ3n) is 3.64. The number of imidazole rings is 1. The molecule has 0 aliphatic carbocycles. The maximum absolute atomic E-state index is 12.5. The van der Waals surface area contributed by atoms with Gasteiger partial charge in [0.25, 0.3) is 10.0 Å². The van der Waals surface area contributed by atoms with Crippen LogP contribution in [0.3, 0.4) is 0 Å². The van der Waals surface area contributed by atoms with E-state index in [1.165, 1.54) is 0 Å². The maximum Gasteiger partial charge on any atom is 0.261 e. The van der Waals surface area contributed by atoms with Crippen LogP contribution in [-0.2, 0) is 10.0 Å². The lowest BCUT2D eigenvalue weighted by atomic mass is 10.1. The van der Waals surface area contributed by atoms with E-state index in [2.05, 4.69) is 14.7 Å². The van der Waals surface area contributed by atoms with E-state index in [9.17, 15) is 8.42 Å². The standard InChI is InChI=1S/C16H17N3O2S/c1-10-4-6-14(8-11(10)2)22(20,21)19-13-5-7-15-16(9-13)18-12(3)17-15/h4-9,19H,1-3H3,(H,17,18). The SMILES string of the molecule is Cc1nc2ccc(NS(=O)(=O)c3ccc(C)c(C)c3)cc2[nH]1. The number of benzene rings is 2.